The number of fused-ring (bicyclic) bond motifs is 2. The number of ether oxygens (including phenoxy) is 1. The van der Waals surface area contributed by atoms with Crippen molar-refractivity contribution in [3.8, 4) is 0 Å². The zero-order valence-electron chi connectivity index (χ0n) is 25.5. The van der Waals surface area contributed by atoms with E-state index < -0.39 is 35.6 Å². The molecule has 11 nitrogen and oxygen atoms in total. The molecule has 3 aliphatic heterocycles. The van der Waals surface area contributed by atoms with Gasteiger partial charge in [-0.1, -0.05) is 56.7 Å². The SMILES string of the molecule is C=CCN(Cn1nnc2ccccc21)C(=O)C1N([C@@H](CO)[C@@H](C)CC)C(=O)[C@@H]2[C@@H](C(=O)N(CC=C)CCC)[C@H]3CCC12O3. The van der Waals surface area contributed by atoms with E-state index in [0.29, 0.717) is 37.9 Å². The fourth-order valence-electron chi connectivity index (χ4n) is 7.48. The van der Waals surface area contributed by atoms with Crippen LogP contribution in [0.4, 0.5) is 0 Å². The number of para-hydroxylation sites is 1. The fourth-order valence-corrected chi connectivity index (χ4v) is 7.48. The van der Waals surface area contributed by atoms with Crippen LogP contribution in [0.2, 0.25) is 0 Å². The topological polar surface area (TPSA) is 121 Å². The molecule has 43 heavy (non-hydrogen) atoms. The van der Waals surface area contributed by atoms with Crippen molar-refractivity contribution < 1.29 is 24.2 Å². The maximum Gasteiger partial charge on any atom is 0.250 e. The van der Waals surface area contributed by atoms with E-state index >= 15 is 0 Å². The van der Waals surface area contributed by atoms with Crippen molar-refractivity contribution in [2.45, 2.75) is 76.9 Å². The highest BCUT2D eigenvalue weighted by Crippen LogP contribution is 2.59. The van der Waals surface area contributed by atoms with Crippen molar-refractivity contribution in [3.63, 3.8) is 0 Å². The van der Waals surface area contributed by atoms with Gasteiger partial charge in [-0.2, -0.15) is 0 Å². The largest absolute Gasteiger partial charge is 0.394 e. The summed E-state index contributed by atoms with van der Waals surface area (Å²) in [5.74, 6) is -2.35. The molecular formula is C32H44N6O5. The molecule has 1 N–H and O–H groups in total. The monoisotopic (exact) mass is 592 g/mol. The minimum atomic E-state index is -1.17. The number of amides is 3. The first-order valence-corrected chi connectivity index (χ1v) is 15.5. The van der Waals surface area contributed by atoms with Crippen LogP contribution in [0.1, 0.15) is 46.5 Å². The molecule has 1 aromatic heterocycles. The molecular weight excluding hydrogens is 548 g/mol. The Morgan fingerprint density at radius 1 is 1.19 bits per heavy atom. The molecule has 0 radical (unpaired) electrons. The van der Waals surface area contributed by atoms with Gasteiger partial charge in [0.1, 0.15) is 23.8 Å². The van der Waals surface area contributed by atoms with Crippen molar-refractivity contribution in [1.82, 2.24) is 29.7 Å². The predicted molar refractivity (Wildman–Crippen MR) is 161 cm³/mol. The van der Waals surface area contributed by atoms with Gasteiger partial charge in [0, 0.05) is 19.6 Å². The minimum Gasteiger partial charge on any atom is -0.394 e. The van der Waals surface area contributed by atoms with Crippen LogP contribution in [-0.4, -0.2) is 103 Å². The Hall–Kier alpha value is -3.57. The van der Waals surface area contributed by atoms with Gasteiger partial charge in [-0.25, -0.2) is 4.68 Å². The van der Waals surface area contributed by atoms with Gasteiger partial charge in [0.15, 0.2) is 0 Å². The first kappa shape index (κ1) is 30.9. The third-order valence-electron chi connectivity index (χ3n) is 9.64. The van der Waals surface area contributed by atoms with Crippen molar-refractivity contribution in [1.29, 1.82) is 0 Å². The van der Waals surface area contributed by atoms with Gasteiger partial charge in [-0.05, 0) is 37.3 Å². The van der Waals surface area contributed by atoms with Crippen LogP contribution in [0.15, 0.2) is 49.6 Å². The second-order valence-corrected chi connectivity index (χ2v) is 12.1. The minimum absolute atomic E-state index is 0.0877. The Kier molecular flexibility index (Phi) is 9.03. The molecule has 232 valence electrons. The molecule has 1 aromatic carbocycles. The van der Waals surface area contributed by atoms with Crippen molar-refractivity contribution >= 4 is 28.8 Å². The first-order valence-electron chi connectivity index (χ1n) is 15.5. The lowest BCUT2D eigenvalue weighted by atomic mass is 9.70. The summed E-state index contributed by atoms with van der Waals surface area (Å²) in [4.78, 5) is 48.3. The quantitative estimate of drug-likeness (QED) is 0.335. The molecule has 3 aliphatic rings. The zero-order valence-corrected chi connectivity index (χ0v) is 25.5. The summed E-state index contributed by atoms with van der Waals surface area (Å²) in [5, 5.41) is 19.1. The Labute approximate surface area is 253 Å². The van der Waals surface area contributed by atoms with Crippen LogP contribution < -0.4 is 0 Å². The van der Waals surface area contributed by atoms with E-state index in [1.165, 1.54) is 0 Å². The van der Waals surface area contributed by atoms with E-state index in [1.807, 2.05) is 45.0 Å². The fraction of sp³-hybridized carbons (Fsp3) is 0.594. The third kappa shape index (κ3) is 5.06. The molecule has 2 bridgehead atoms. The number of aliphatic hydroxyl groups excluding tert-OH is 1. The van der Waals surface area contributed by atoms with Gasteiger partial charge < -0.3 is 24.5 Å². The number of carbonyl (C=O) groups is 3. The van der Waals surface area contributed by atoms with Crippen molar-refractivity contribution in [2.75, 3.05) is 26.2 Å². The molecule has 2 aromatic rings. The number of carbonyl (C=O) groups excluding carboxylic acids is 3. The van der Waals surface area contributed by atoms with Gasteiger partial charge >= 0.3 is 0 Å². The molecule has 0 aliphatic carbocycles. The van der Waals surface area contributed by atoms with Crippen LogP contribution in [-0.2, 0) is 25.8 Å². The predicted octanol–water partition coefficient (Wildman–Crippen LogP) is 2.61. The lowest BCUT2D eigenvalue weighted by Crippen LogP contribution is -2.60. The average Bonchev–Trinajstić information content (AvgIpc) is 3.76. The van der Waals surface area contributed by atoms with E-state index in [1.54, 1.807) is 31.5 Å². The van der Waals surface area contributed by atoms with Gasteiger partial charge in [-0.15, -0.1) is 18.3 Å². The summed E-state index contributed by atoms with van der Waals surface area (Å²) in [6, 6.07) is 5.89. The zero-order chi connectivity index (χ0) is 30.9. The van der Waals surface area contributed by atoms with Crippen molar-refractivity contribution in [3.05, 3.63) is 49.6 Å². The second-order valence-electron chi connectivity index (χ2n) is 12.1. The van der Waals surface area contributed by atoms with Crippen LogP contribution in [0.25, 0.3) is 11.0 Å². The number of aliphatic hydroxyl groups is 1. The lowest BCUT2D eigenvalue weighted by molar-refractivity contribution is -0.154. The maximum atomic E-state index is 14.8. The highest BCUT2D eigenvalue weighted by molar-refractivity contribution is 5.99. The second kappa shape index (κ2) is 12.6. The van der Waals surface area contributed by atoms with Gasteiger partial charge in [0.05, 0.1) is 36.1 Å². The maximum absolute atomic E-state index is 14.8. The summed E-state index contributed by atoms with van der Waals surface area (Å²) in [7, 11) is 0. The van der Waals surface area contributed by atoms with E-state index in [-0.39, 0.29) is 43.5 Å². The van der Waals surface area contributed by atoms with Gasteiger partial charge in [-0.3, -0.25) is 14.4 Å². The first-order chi connectivity index (χ1) is 20.8. The molecule has 7 atom stereocenters. The number of hydrogen-bond donors (Lipinski definition) is 1. The highest BCUT2D eigenvalue weighted by Gasteiger charge is 2.75. The molecule has 5 rings (SSSR count). The van der Waals surface area contributed by atoms with E-state index in [9.17, 15) is 19.5 Å². The molecule has 2 unspecified atom stereocenters. The van der Waals surface area contributed by atoms with Crippen LogP contribution in [0, 0.1) is 17.8 Å². The normalized spacial score (nSPS) is 27.3. The van der Waals surface area contributed by atoms with Crippen molar-refractivity contribution in [2.24, 2.45) is 17.8 Å². The number of likely N-dealkylation sites (tertiary alicyclic amines) is 1. The van der Waals surface area contributed by atoms with E-state index in [2.05, 4.69) is 23.5 Å². The Morgan fingerprint density at radius 2 is 1.91 bits per heavy atom. The van der Waals surface area contributed by atoms with E-state index in [4.69, 9.17) is 4.74 Å². The molecule has 3 amide bonds. The Bertz CT molecular complexity index is 1380. The summed E-state index contributed by atoms with van der Waals surface area (Å²) in [6.45, 7) is 14.6. The number of benzene rings is 1. The van der Waals surface area contributed by atoms with Gasteiger partial charge in [0.25, 0.3) is 0 Å². The average molecular weight is 593 g/mol. The smallest absolute Gasteiger partial charge is 0.250 e. The number of rotatable bonds is 14. The lowest BCUT2D eigenvalue weighted by Gasteiger charge is -2.40. The number of aromatic nitrogens is 3. The van der Waals surface area contributed by atoms with Crippen LogP contribution in [0.3, 0.4) is 0 Å². The molecule has 11 heteroatoms. The molecule has 1 spiro atoms. The number of nitrogens with zero attached hydrogens (tertiary/aromatic N) is 6. The molecule has 0 saturated carbocycles. The summed E-state index contributed by atoms with van der Waals surface area (Å²) in [5.41, 5.74) is 0.308. The van der Waals surface area contributed by atoms with Crippen LogP contribution >= 0.6 is 0 Å². The summed E-state index contributed by atoms with van der Waals surface area (Å²) < 4.78 is 8.33. The summed E-state index contributed by atoms with van der Waals surface area (Å²) >= 11 is 0. The molecule has 3 fully saturated rings. The highest BCUT2D eigenvalue weighted by atomic mass is 16.5. The number of hydrogen-bond acceptors (Lipinski definition) is 7. The third-order valence-corrected chi connectivity index (χ3v) is 9.64. The summed E-state index contributed by atoms with van der Waals surface area (Å²) in [6.07, 6.45) is 5.40. The standard InChI is InChI=1S/C32H44N6O5/c1-6-16-35(17-7-2)29(40)26-25-14-15-32(43-25)27(26)30(41)38(24(19-39)21(5)9-4)28(32)31(42)36(18-8-3)20-37-23-13-11-10-12-22(23)33-34-37/h6,8,10-13,21,24-28,39H,1,3,7,9,14-20H2,2,4-5H3/t21-,24-,25+,26-,27-,28?,32?/m0/s1. The van der Waals surface area contributed by atoms with Crippen LogP contribution in [0.5, 0.6) is 0 Å². The molecule has 4 heterocycles. The van der Waals surface area contributed by atoms with E-state index in [0.717, 1.165) is 11.9 Å². The Balaban J connectivity index is 1.57. The van der Waals surface area contributed by atoms with Gasteiger partial charge in [0.2, 0.25) is 17.7 Å². The molecule has 3 saturated heterocycles. The Morgan fingerprint density at radius 3 is 2.58 bits per heavy atom.